The van der Waals surface area contributed by atoms with E-state index in [0.29, 0.717) is 6.54 Å². The van der Waals surface area contributed by atoms with Crippen molar-refractivity contribution in [2.24, 2.45) is 5.73 Å². The van der Waals surface area contributed by atoms with Crippen molar-refractivity contribution >= 4 is 5.91 Å². The molecule has 18 heavy (non-hydrogen) atoms. The second-order valence-corrected chi connectivity index (χ2v) is 5.00. The number of carbonyl (C=O) groups is 1. The molecule has 1 unspecified atom stereocenters. The lowest BCUT2D eigenvalue weighted by atomic mass is 10.1. The molecule has 98 valence electrons. The van der Waals surface area contributed by atoms with Crippen LogP contribution in [0.4, 0.5) is 0 Å². The number of rotatable bonds is 4. The van der Waals surface area contributed by atoms with E-state index in [1.165, 1.54) is 5.56 Å². The van der Waals surface area contributed by atoms with Gasteiger partial charge in [0.05, 0.1) is 6.04 Å². The molecule has 1 amide bonds. The van der Waals surface area contributed by atoms with Gasteiger partial charge in [0.25, 0.3) is 0 Å². The van der Waals surface area contributed by atoms with E-state index in [1.54, 1.807) is 4.90 Å². The minimum Gasteiger partial charge on any atom is -0.344 e. The number of likely N-dealkylation sites (N-methyl/N-ethyl adjacent to an activating group) is 2. The molecule has 0 saturated carbocycles. The summed E-state index contributed by atoms with van der Waals surface area (Å²) in [4.78, 5) is 15.9. The molecule has 2 rings (SSSR count). The number of carbonyl (C=O) groups excluding carboxylic acids is 1. The summed E-state index contributed by atoms with van der Waals surface area (Å²) >= 11 is 0. The van der Waals surface area contributed by atoms with Crippen LogP contribution in [0.2, 0.25) is 0 Å². The number of benzene rings is 1. The molecule has 1 heterocycles. The average Bonchev–Trinajstić information content (AvgIpc) is 2.70. The molecule has 1 saturated heterocycles. The van der Waals surface area contributed by atoms with Gasteiger partial charge in [0.15, 0.2) is 0 Å². The summed E-state index contributed by atoms with van der Waals surface area (Å²) in [5.41, 5.74) is 7.98. The lowest BCUT2D eigenvalue weighted by molar-refractivity contribution is -0.130. The zero-order chi connectivity index (χ0) is 13.1. The van der Waals surface area contributed by atoms with Gasteiger partial charge >= 0.3 is 0 Å². The van der Waals surface area contributed by atoms with Gasteiger partial charge < -0.3 is 10.6 Å². The van der Waals surface area contributed by atoms with Crippen LogP contribution in [-0.4, -0.2) is 42.4 Å². The fourth-order valence-corrected chi connectivity index (χ4v) is 2.47. The number of likely N-dealkylation sites (tertiary alicyclic amines) is 1. The third kappa shape index (κ3) is 2.71. The minimum atomic E-state index is 0.0246. The Morgan fingerprint density at radius 1 is 1.44 bits per heavy atom. The maximum absolute atomic E-state index is 11.9. The Hall–Kier alpha value is -1.39. The number of hydrogen-bond donors (Lipinski definition) is 1. The van der Waals surface area contributed by atoms with Crippen molar-refractivity contribution in [3.63, 3.8) is 0 Å². The van der Waals surface area contributed by atoms with Crippen LogP contribution in [0, 0.1) is 0 Å². The second-order valence-electron chi connectivity index (χ2n) is 5.00. The summed E-state index contributed by atoms with van der Waals surface area (Å²) in [6.45, 7) is 2.21. The van der Waals surface area contributed by atoms with E-state index in [9.17, 15) is 4.79 Å². The van der Waals surface area contributed by atoms with Gasteiger partial charge in [-0.2, -0.15) is 0 Å². The van der Waals surface area contributed by atoms with Crippen LogP contribution in [-0.2, 0) is 17.9 Å². The Morgan fingerprint density at radius 3 is 2.78 bits per heavy atom. The van der Waals surface area contributed by atoms with E-state index in [-0.39, 0.29) is 11.9 Å². The van der Waals surface area contributed by atoms with Gasteiger partial charge in [0.2, 0.25) is 5.91 Å². The van der Waals surface area contributed by atoms with Crippen molar-refractivity contribution in [2.45, 2.75) is 25.6 Å². The molecule has 1 aromatic rings. The Balaban J connectivity index is 2.02. The van der Waals surface area contributed by atoms with Crippen molar-refractivity contribution in [2.75, 3.05) is 20.6 Å². The minimum absolute atomic E-state index is 0.0246. The van der Waals surface area contributed by atoms with E-state index < -0.39 is 0 Å². The van der Waals surface area contributed by atoms with Gasteiger partial charge in [-0.05, 0) is 24.6 Å². The lowest BCUT2D eigenvalue weighted by Crippen LogP contribution is -2.38. The van der Waals surface area contributed by atoms with E-state index in [4.69, 9.17) is 5.73 Å². The van der Waals surface area contributed by atoms with Crippen molar-refractivity contribution < 1.29 is 4.79 Å². The van der Waals surface area contributed by atoms with Gasteiger partial charge in [-0.25, -0.2) is 0 Å². The summed E-state index contributed by atoms with van der Waals surface area (Å²) in [6, 6.07) is 8.27. The summed E-state index contributed by atoms with van der Waals surface area (Å²) in [6.07, 6.45) is 0.919. The second kappa shape index (κ2) is 5.50. The standard InChI is InChI=1S/C14H21N3O/c1-16-7-6-13(14(16)18)17(2)10-12-5-3-4-11(8-12)9-15/h3-5,8,13H,6-7,9-10,15H2,1-2H3. The lowest BCUT2D eigenvalue weighted by Gasteiger charge is -2.23. The average molecular weight is 247 g/mol. The van der Waals surface area contributed by atoms with Crippen molar-refractivity contribution in [1.82, 2.24) is 9.80 Å². The van der Waals surface area contributed by atoms with E-state index >= 15 is 0 Å². The number of nitrogens with zero attached hydrogens (tertiary/aromatic N) is 2. The topological polar surface area (TPSA) is 49.6 Å². The molecule has 1 atom stereocenters. The molecule has 1 aliphatic heterocycles. The molecule has 4 nitrogen and oxygen atoms in total. The highest BCUT2D eigenvalue weighted by Gasteiger charge is 2.31. The molecule has 0 aromatic heterocycles. The fourth-order valence-electron chi connectivity index (χ4n) is 2.47. The molecule has 0 aliphatic carbocycles. The predicted octanol–water partition coefficient (Wildman–Crippen LogP) is 0.808. The van der Waals surface area contributed by atoms with Crippen LogP contribution in [0.25, 0.3) is 0 Å². The molecule has 1 aromatic carbocycles. The van der Waals surface area contributed by atoms with Gasteiger partial charge in [0.1, 0.15) is 0 Å². The van der Waals surface area contributed by atoms with Gasteiger partial charge in [0, 0.05) is 26.7 Å². The Kier molecular flexibility index (Phi) is 3.99. The van der Waals surface area contributed by atoms with Crippen LogP contribution in [0.3, 0.4) is 0 Å². The first-order valence-electron chi connectivity index (χ1n) is 6.35. The number of hydrogen-bond acceptors (Lipinski definition) is 3. The van der Waals surface area contributed by atoms with Crippen molar-refractivity contribution in [3.8, 4) is 0 Å². The third-order valence-corrected chi connectivity index (χ3v) is 3.59. The quantitative estimate of drug-likeness (QED) is 0.856. The first kappa shape index (κ1) is 13.1. The van der Waals surface area contributed by atoms with Crippen molar-refractivity contribution in [3.05, 3.63) is 35.4 Å². The third-order valence-electron chi connectivity index (χ3n) is 3.59. The van der Waals surface area contributed by atoms with E-state index in [0.717, 1.165) is 25.1 Å². The van der Waals surface area contributed by atoms with E-state index in [1.807, 2.05) is 26.2 Å². The van der Waals surface area contributed by atoms with Gasteiger partial charge in [-0.1, -0.05) is 24.3 Å². The Morgan fingerprint density at radius 2 is 2.17 bits per heavy atom. The van der Waals surface area contributed by atoms with Gasteiger partial charge in [-0.3, -0.25) is 9.69 Å². The van der Waals surface area contributed by atoms with Crippen molar-refractivity contribution in [1.29, 1.82) is 0 Å². The predicted molar refractivity (Wildman–Crippen MR) is 71.8 cm³/mol. The van der Waals surface area contributed by atoms with Crippen LogP contribution >= 0.6 is 0 Å². The molecule has 4 heteroatoms. The van der Waals surface area contributed by atoms with Crippen LogP contribution in [0.15, 0.2) is 24.3 Å². The van der Waals surface area contributed by atoms with Crippen LogP contribution in [0.5, 0.6) is 0 Å². The molecular formula is C14H21N3O. The zero-order valence-electron chi connectivity index (χ0n) is 11.1. The summed E-state index contributed by atoms with van der Waals surface area (Å²) < 4.78 is 0. The largest absolute Gasteiger partial charge is 0.344 e. The number of nitrogens with two attached hydrogens (primary N) is 1. The zero-order valence-corrected chi connectivity index (χ0v) is 11.1. The molecule has 0 radical (unpaired) electrons. The Labute approximate surface area is 108 Å². The molecule has 0 bridgehead atoms. The summed E-state index contributed by atoms with van der Waals surface area (Å²) in [5.74, 6) is 0.229. The summed E-state index contributed by atoms with van der Waals surface area (Å²) in [5, 5.41) is 0. The van der Waals surface area contributed by atoms with Gasteiger partial charge in [-0.15, -0.1) is 0 Å². The molecule has 1 aliphatic rings. The maximum Gasteiger partial charge on any atom is 0.239 e. The Bertz CT molecular complexity index is 433. The normalized spacial score (nSPS) is 19.9. The molecule has 0 spiro atoms. The highest BCUT2D eigenvalue weighted by Crippen LogP contribution is 2.17. The number of amides is 1. The SMILES string of the molecule is CN1CCC(N(C)Cc2cccc(CN)c2)C1=O. The first-order chi connectivity index (χ1) is 8.61. The highest BCUT2D eigenvalue weighted by atomic mass is 16.2. The molecular weight excluding hydrogens is 226 g/mol. The highest BCUT2D eigenvalue weighted by molar-refractivity contribution is 5.83. The molecule has 2 N–H and O–H groups in total. The summed E-state index contributed by atoms with van der Waals surface area (Å²) in [7, 11) is 3.88. The van der Waals surface area contributed by atoms with Crippen LogP contribution in [0.1, 0.15) is 17.5 Å². The molecule has 1 fully saturated rings. The first-order valence-corrected chi connectivity index (χ1v) is 6.35. The smallest absolute Gasteiger partial charge is 0.239 e. The maximum atomic E-state index is 11.9. The van der Waals surface area contributed by atoms with E-state index in [2.05, 4.69) is 17.0 Å². The fraction of sp³-hybridized carbons (Fsp3) is 0.500. The monoisotopic (exact) mass is 247 g/mol. The van der Waals surface area contributed by atoms with Crippen LogP contribution < -0.4 is 5.73 Å².